The Hall–Kier alpha value is -2.99. The summed E-state index contributed by atoms with van der Waals surface area (Å²) in [5.74, 6) is -0.275. The summed E-state index contributed by atoms with van der Waals surface area (Å²) in [5, 5.41) is 13.5. The number of anilines is 1. The van der Waals surface area contributed by atoms with E-state index in [-0.39, 0.29) is 43.5 Å². The van der Waals surface area contributed by atoms with Gasteiger partial charge in [0.2, 0.25) is 11.8 Å². The molecule has 1 aromatic heterocycles. The van der Waals surface area contributed by atoms with Crippen LogP contribution in [-0.4, -0.2) is 54.0 Å². The van der Waals surface area contributed by atoms with Crippen molar-refractivity contribution in [2.75, 3.05) is 25.2 Å². The predicted molar refractivity (Wildman–Crippen MR) is 115 cm³/mol. The van der Waals surface area contributed by atoms with Gasteiger partial charge in [0.25, 0.3) is 0 Å². The van der Waals surface area contributed by atoms with Gasteiger partial charge in [-0.3, -0.25) is 10.2 Å². The van der Waals surface area contributed by atoms with E-state index in [1.807, 2.05) is 6.08 Å². The third-order valence-corrected chi connectivity index (χ3v) is 5.28. The Kier molecular flexibility index (Phi) is 8.39. The number of hydrogen-bond donors (Lipinski definition) is 4. The number of nitrogens with zero attached hydrogens (tertiary/aromatic N) is 2. The summed E-state index contributed by atoms with van der Waals surface area (Å²) in [6.45, 7) is 0.633. The molecular weight excluding hydrogens is 441 g/mol. The van der Waals surface area contributed by atoms with E-state index in [0.717, 1.165) is 25.5 Å². The number of allylic oxidation sites excluding steroid dienone is 3. The lowest BCUT2D eigenvalue weighted by Gasteiger charge is -2.29. The minimum atomic E-state index is -4.63. The summed E-state index contributed by atoms with van der Waals surface area (Å²) in [6.07, 6.45) is 4.39. The van der Waals surface area contributed by atoms with Gasteiger partial charge in [0.05, 0.1) is 25.6 Å². The van der Waals surface area contributed by atoms with E-state index in [1.165, 1.54) is 6.08 Å². The highest BCUT2D eigenvalue weighted by atomic mass is 19.4. The van der Waals surface area contributed by atoms with Crippen molar-refractivity contribution in [1.82, 2.24) is 15.3 Å². The van der Waals surface area contributed by atoms with Crippen LogP contribution in [0.4, 0.5) is 19.1 Å². The number of aldehydes is 1. The first-order chi connectivity index (χ1) is 15.8. The van der Waals surface area contributed by atoms with E-state index in [2.05, 4.69) is 20.6 Å². The van der Waals surface area contributed by atoms with Crippen LogP contribution in [-0.2, 0) is 15.7 Å². The van der Waals surface area contributed by atoms with E-state index in [0.29, 0.717) is 18.4 Å². The molecule has 2 aliphatic rings. The highest BCUT2D eigenvalue weighted by molar-refractivity contribution is 6.32. The number of carbonyl (C=O) groups is 1. The van der Waals surface area contributed by atoms with Crippen LogP contribution < -0.4 is 21.1 Å². The average molecular weight is 468 g/mol. The molecule has 5 N–H and O–H groups in total. The van der Waals surface area contributed by atoms with E-state index in [1.54, 1.807) is 6.08 Å². The summed E-state index contributed by atoms with van der Waals surface area (Å²) >= 11 is 0. The third-order valence-electron chi connectivity index (χ3n) is 5.28. The number of aromatic nitrogens is 2. The highest BCUT2D eigenvalue weighted by Crippen LogP contribution is 2.36. The van der Waals surface area contributed by atoms with Crippen LogP contribution in [0.2, 0.25) is 0 Å². The molecule has 9 nitrogen and oxygen atoms in total. The molecule has 3 rings (SSSR count). The fourth-order valence-corrected chi connectivity index (χ4v) is 3.62. The predicted octanol–water partition coefficient (Wildman–Crippen LogP) is 2.41. The van der Waals surface area contributed by atoms with Gasteiger partial charge in [-0.05, 0) is 37.3 Å². The monoisotopic (exact) mass is 468 g/mol. The van der Waals surface area contributed by atoms with Crippen molar-refractivity contribution in [3.63, 3.8) is 0 Å². The van der Waals surface area contributed by atoms with Crippen LogP contribution in [0.3, 0.4) is 0 Å². The van der Waals surface area contributed by atoms with Crippen molar-refractivity contribution in [3.05, 3.63) is 35.7 Å². The number of halogens is 3. The number of nitrogens with one attached hydrogen (secondary N) is 3. The Morgan fingerprint density at radius 1 is 1.33 bits per heavy atom. The Morgan fingerprint density at radius 2 is 2.12 bits per heavy atom. The smallest absolute Gasteiger partial charge is 0.423 e. The zero-order valence-electron chi connectivity index (χ0n) is 17.9. The topological polar surface area (TPSA) is 135 Å². The molecule has 0 unspecified atom stereocenters. The molecule has 2 fully saturated rings. The first-order valence-corrected chi connectivity index (χ1v) is 10.6. The number of ether oxygens (including phenoxy) is 2. The van der Waals surface area contributed by atoms with Crippen LogP contribution >= 0.6 is 0 Å². The maximum Gasteiger partial charge on any atom is 0.423 e. The van der Waals surface area contributed by atoms with Gasteiger partial charge in [-0.25, -0.2) is 4.98 Å². The van der Waals surface area contributed by atoms with Crippen LogP contribution in [0.5, 0.6) is 5.88 Å². The number of hydrogen-bond acceptors (Lipinski definition) is 9. The van der Waals surface area contributed by atoms with Gasteiger partial charge in [0.1, 0.15) is 11.7 Å². The Balaban J connectivity index is 1.70. The van der Waals surface area contributed by atoms with Gasteiger partial charge >= 0.3 is 6.18 Å². The largest absolute Gasteiger partial charge is 0.469 e. The molecule has 0 aromatic carbocycles. The first kappa shape index (κ1) is 24.6. The number of carbonyl (C=O) groups excluding carboxylic acids is 1. The summed E-state index contributed by atoms with van der Waals surface area (Å²) in [4.78, 5) is 18.5. The Labute approximate surface area is 189 Å². The minimum absolute atomic E-state index is 0.0481. The third kappa shape index (κ3) is 7.26. The van der Waals surface area contributed by atoms with Crippen LogP contribution in [0.25, 0.3) is 0 Å². The summed E-state index contributed by atoms with van der Waals surface area (Å²) < 4.78 is 50.3. The minimum Gasteiger partial charge on any atom is -0.469 e. The van der Waals surface area contributed by atoms with Crippen LogP contribution in [0, 0.1) is 11.3 Å². The molecule has 0 radical (unpaired) electrons. The van der Waals surface area contributed by atoms with Gasteiger partial charge in [-0.15, -0.1) is 0 Å². The molecule has 0 amide bonds. The molecular formula is C21H27F3N6O3. The van der Waals surface area contributed by atoms with Gasteiger partial charge in [0, 0.05) is 17.9 Å². The fraction of sp³-hybridized carbons (Fsp3) is 0.524. The molecule has 180 valence electrons. The number of nitrogens with two attached hydrogens (primary N) is 1. The lowest BCUT2D eigenvalue weighted by atomic mass is 9.85. The Bertz CT molecular complexity index is 902. The zero-order valence-corrected chi connectivity index (χ0v) is 17.9. The molecule has 1 aliphatic heterocycles. The zero-order chi connectivity index (χ0) is 23.8. The van der Waals surface area contributed by atoms with Crippen molar-refractivity contribution in [3.8, 4) is 5.88 Å². The summed E-state index contributed by atoms with van der Waals surface area (Å²) in [6, 6.07) is -0.0481. The van der Waals surface area contributed by atoms with Gasteiger partial charge in [-0.1, -0.05) is 12.5 Å². The molecule has 0 spiro atoms. The van der Waals surface area contributed by atoms with Crippen molar-refractivity contribution >= 4 is 17.9 Å². The molecule has 1 aromatic rings. The molecule has 1 saturated heterocycles. The van der Waals surface area contributed by atoms with Crippen molar-refractivity contribution in [2.45, 2.75) is 44.0 Å². The maximum atomic E-state index is 13.3. The van der Waals surface area contributed by atoms with Crippen molar-refractivity contribution < 1.29 is 27.4 Å². The quantitative estimate of drug-likeness (QED) is 0.178. The van der Waals surface area contributed by atoms with Gasteiger partial charge in [0.15, 0.2) is 6.29 Å². The molecule has 33 heavy (non-hydrogen) atoms. The van der Waals surface area contributed by atoms with E-state index < -0.39 is 23.7 Å². The normalized spacial score (nSPS) is 22.0. The maximum absolute atomic E-state index is 13.3. The lowest BCUT2D eigenvalue weighted by molar-refractivity contribution is -0.142. The van der Waals surface area contributed by atoms with Gasteiger partial charge in [-0.2, -0.15) is 18.2 Å². The second-order valence-corrected chi connectivity index (χ2v) is 7.86. The van der Waals surface area contributed by atoms with E-state index in [4.69, 9.17) is 20.6 Å². The lowest BCUT2D eigenvalue weighted by Crippen LogP contribution is -2.39. The number of rotatable bonds is 10. The van der Waals surface area contributed by atoms with Gasteiger partial charge < -0.3 is 25.8 Å². The summed E-state index contributed by atoms with van der Waals surface area (Å²) in [5.41, 5.74) is 5.09. The van der Waals surface area contributed by atoms with Crippen molar-refractivity contribution in [2.24, 2.45) is 11.7 Å². The first-order valence-electron chi connectivity index (χ1n) is 10.6. The fourth-order valence-electron chi connectivity index (χ4n) is 3.62. The van der Waals surface area contributed by atoms with E-state index >= 15 is 0 Å². The highest BCUT2D eigenvalue weighted by Gasteiger charge is 2.38. The SMILES string of the molecule is N=C(C=O)/C=C\C(=C\[C@H]1CCC[C@@H](Nc2ncc(C(F)(F)F)c(OC3COC3)n2)C1)NCN. The van der Waals surface area contributed by atoms with E-state index in [9.17, 15) is 18.0 Å². The van der Waals surface area contributed by atoms with Crippen LogP contribution in [0.1, 0.15) is 31.2 Å². The molecule has 2 heterocycles. The average Bonchev–Trinajstić information content (AvgIpc) is 2.74. The molecule has 0 bridgehead atoms. The number of alkyl halides is 3. The molecule has 1 aliphatic carbocycles. The van der Waals surface area contributed by atoms with Crippen LogP contribution in [0.15, 0.2) is 30.1 Å². The molecule has 2 atom stereocenters. The summed E-state index contributed by atoms with van der Waals surface area (Å²) in [7, 11) is 0. The molecule has 12 heteroatoms. The second kappa shape index (κ2) is 11.2. The molecule has 1 saturated carbocycles. The second-order valence-electron chi connectivity index (χ2n) is 7.86. The Morgan fingerprint density at radius 3 is 2.76 bits per heavy atom. The van der Waals surface area contributed by atoms with Crippen molar-refractivity contribution in [1.29, 1.82) is 5.41 Å². The standard InChI is InChI=1S/C21H27F3N6O3/c22-21(23,24)18-8-27-20(30-19(18)33-17-10-32-11-17)29-16-3-1-2-13(7-16)6-15(28-12-25)5-4-14(26)9-31/h4-6,8-9,13,16-17,26,28H,1-3,7,10-12,25H2,(H,27,29,30)/b5-4-,15-6-,26-14?/t13-,16-/m1/s1.